The lowest BCUT2D eigenvalue weighted by atomic mass is 10.2. The van der Waals surface area contributed by atoms with Gasteiger partial charge < -0.3 is 10.1 Å². The Balaban J connectivity index is 1.94. The minimum atomic E-state index is -0.467. The van der Waals surface area contributed by atoms with Gasteiger partial charge in [-0.2, -0.15) is 0 Å². The quantitative estimate of drug-likeness (QED) is 0.923. The van der Waals surface area contributed by atoms with Gasteiger partial charge in [-0.3, -0.25) is 4.79 Å². The molecule has 0 aromatic heterocycles. The maximum atomic E-state index is 13.6. The van der Waals surface area contributed by atoms with E-state index in [9.17, 15) is 9.18 Å². The van der Waals surface area contributed by atoms with Crippen molar-refractivity contribution in [3.63, 3.8) is 0 Å². The molecule has 0 aliphatic carbocycles. The third-order valence-electron chi connectivity index (χ3n) is 2.90. The van der Waals surface area contributed by atoms with Crippen LogP contribution in [0, 0.1) is 19.7 Å². The molecule has 1 N–H and O–H groups in total. The van der Waals surface area contributed by atoms with E-state index in [0.717, 1.165) is 11.1 Å². The second-order valence-corrected chi connectivity index (χ2v) is 5.14. The average molecular weight is 308 g/mol. The van der Waals surface area contributed by atoms with Crippen molar-refractivity contribution in [3.05, 3.63) is 58.4 Å². The Kier molecular flexibility index (Phi) is 4.81. The normalized spacial score (nSPS) is 10.3. The lowest BCUT2D eigenvalue weighted by molar-refractivity contribution is -0.118. The van der Waals surface area contributed by atoms with Crippen molar-refractivity contribution >= 4 is 23.2 Å². The second-order valence-electron chi connectivity index (χ2n) is 4.73. The molecular formula is C16H15ClFNO2. The highest BCUT2D eigenvalue weighted by atomic mass is 35.5. The molecule has 2 rings (SSSR count). The van der Waals surface area contributed by atoms with Crippen molar-refractivity contribution in [2.45, 2.75) is 13.8 Å². The molecule has 2 aromatic rings. The molecule has 0 fully saturated rings. The number of rotatable bonds is 4. The highest BCUT2D eigenvalue weighted by molar-refractivity contribution is 6.31. The van der Waals surface area contributed by atoms with E-state index in [1.807, 2.05) is 6.92 Å². The van der Waals surface area contributed by atoms with E-state index in [1.165, 1.54) is 12.1 Å². The van der Waals surface area contributed by atoms with Gasteiger partial charge in [-0.05, 0) is 55.3 Å². The molecule has 0 atom stereocenters. The van der Waals surface area contributed by atoms with Crippen LogP contribution in [0.2, 0.25) is 5.02 Å². The van der Waals surface area contributed by atoms with Gasteiger partial charge in [0.05, 0.1) is 5.69 Å². The smallest absolute Gasteiger partial charge is 0.262 e. The van der Waals surface area contributed by atoms with Crippen molar-refractivity contribution in [1.82, 2.24) is 0 Å². The highest BCUT2D eigenvalue weighted by Crippen LogP contribution is 2.21. The van der Waals surface area contributed by atoms with Gasteiger partial charge in [0, 0.05) is 5.02 Å². The molecule has 21 heavy (non-hydrogen) atoms. The van der Waals surface area contributed by atoms with Crippen LogP contribution in [0.15, 0.2) is 36.4 Å². The SMILES string of the molecule is Cc1ccc(NC(=O)COc2ccc(Cl)c(C)c2)c(F)c1. The van der Waals surface area contributed by atoms with Crippen LogP contribution in [-0.2, 0) is 4.79 Å². The van der Waals surface area contributed by atoms with Gasteiger partial charge in [0.25, 0.3) is 5.91 Å². The molecule has 0 spiro atoms. The summed E-state index contributed by atoms with van der Waals surface area (Å²) in [6.45, 7) is 3.42. The number of anilines is 1. The van der Waals surface area contributed by atoms with Gasteiger partial charge >= 0.3 is 0 Å². The first-order chi connectivity index (χ1) is 9.95. The molecule has 1 amide bonds. The number of hydrogen-bond donors (Lipinski definition) is 1. The predicted octanol–water partition coefficient (Wildman–Crippen LogP) is 4.11. The van der Waals surface area contributed by atoms with Crippen molar-refractivity contribution in [2.24, 2.45) is 0 Å². The largest absolute Gasteiger partial charge is 0.484 e. The van der Waals surface area contributed by atoms with Crippen molar-refractivity contribution in [1.29, 1.82) is 0 Å². The molecule has 0 saturated carbocycles. The molecule has 0 unspecified atom stereocenters. The summed E-state index contributed by atoms with van der Waals surface area (Å²) in [5, 5.41) is 3.10. The first-order valence-electron chi connectivity index (χ1n) is 6.40. The number of aryl methyl sites for hydroxylation is 2. The van der Waals surface area contributed by atoms with Gasteiger partial charge in [0.1, 0.15) is 11.6 Å². The van der Waals surface area contributed by atoms with Gasteiger partial charge in [0.15, 0.2) is 6.61 Å². The van der Waals surface area contributed by atoms with Crippen LogP contribution in [0.5, 0.6) is 5.75 Å². The molecule has 0 heterocycles. The summed E-state index contributed by atoms with van der Waals surface area (Å²) in [5.74, 6) is -0.354. The van der Waals surface area contributed by atoms with Crippen LogP contribution in [-0.4, -0.2) is 12.5 Å². The summed E-state index contributed by atoms with van der Waals surface area (Å²) in [7, 11) is 0. The lowest BCUT2D eigenvalue weighted by Gasteiger charge is -2.09. The fourth-order valence-corrected chi connectivity index (χ4v) is 1.88. The van der Waals surface area contributed by atoms with Crippen molar-refractivity contribution < 1.29 is 13.9 Å². The third-order valence-corrected chi connectivity index (χ3v) is 3.32. The topological polar surface area (TPSA) is 38.3 Å². The minimum Gasteiger partial charge on any atom is -0.484 e. The monoisotopic (exact) mass is 307 g/mol. The summed E-state index contributed by atoms with van der Waals surface area (Å²) in [5.41, 5.74) is 1.79. The van der Waals surface area contributed by atoms with Gasteiger partial charge in [-0.15, -0.1) is 0 Å². The first-order valence-corrected chi connectivity index (χ1v) is 6.78. The van der Waals surface area contributed by atoms with E-state index in [-0.39, 0.29) is 12.3 Å². The highest BCUT2D eigenvalue weighted by Gasteiger charge is 2.08. The van der Waals surface area contributed by atoms with E-state index >= 15 is 0 Å². The zero-order valence-electron chi connectivity index (χ0n) is 11.7. The number of amides is 1. The van der Waals surface area contributed by atoms with E-state index in [0.29, 0.717) is 10.8 Å². The maximum Gasteiger partial charge on any atom is 0.262 e. The summed E-state index contributed by atoms with van der Waals surface area (Å²) in [4.78, 5) is 11.7. The molecule has 2 aromatic carbocycles. The summed E-state index contributed by atoms with van der Waals surface area (Å²) < 4.78 is 18.9. The summed E-state index contributed by atoms with van der Waals surface area (Å²) in [6, 6.07) is 9.72. The van der Waals surface area contributed by atoms with Gasteiger partial charge in [-0.1, -0.05) is 17.7 Å². The fourth-order valence-electron chi connectivity index (χ4n) is 1.76. The van der Waals surface area contributed by atoms with Crippen molar-refractivity contribution in [2.75, 3.05) is 11.9 Å². The summed E-state index contributed by atoms with van der Waals surface area (Å²) in [6.07, 6.45) is 0. The Morgan fingerprint density at radius 3 is 2.67 bits per heavy atom. The molecule has 110 valence electrons. The Morgan fingerprint density at radius 1 is 1.24 bits per heavy atom. The van der Waals surface area contributed by atoms with Crippen LogP contribution in [0.1, 0.15) is 11.1 Å². The van der Waals surface area contributed by atoms with E-state index in [4.69, 9.17) is 16.3 Å². The standard InChI is InChI=1S/C16H15ClFNO2/c1-10-3-6-15(14(18)7-10)19-16(20)9-21-12-4-5-13(17)11(2)8-12/h3-8H,9H2,1-2H3,(H,19,20). The molecule has 0 radical (unpaired) electrons. The Morgan fingerprint density at radius 2 is 2.00 bits per heavy atom. The number of nitrogens with one attached hydrogen (secondary N) is 1. The summed E-state index contributed by atoms with van der Waals surface area (Å²) >= 11 is 5.90. The van der Waals surface area contributed by atoms with Crippen LogP contribution in [0.25, 0.3) is 0 Å². The fraction of sp³-hybridized carbons (Fsp3) is 0.188. The Labute approximate surface area is 127 Å². The van der Waals surface area contributed by atoms with E-state index in [2.05, 4.69) is 5.32 Å². The molecule has 5 heteroatoms. The van der Waals surface area contributed by atoms with E-state index in [1.54, 1.807) is 31.2 Å². The number of hydrogen-bond acceptors (Lipinski definition) is 2. The molecule has 0 aliphatic heterocycles. The molecule has 3 nitrogen and oxygen atoms in total. The Bertz CT molecular complexity index is 673. The minimum absolute atomic E-state index is 0.140. The maximum absolute atomic E-state index is 13.6. The molecule has 0 saturated heterocycles. The number of halogens is 2. The second kappa shape index (κ2) is 6.59. The first kappa shape index (κ1) is 15.3. The number of benzene rings is 2. The average Bonchev–Trinajstić information content (AvgIpc) is 2.43. The number of carbonyl (C=O) groups is 1. The number of carbonyl (C=O) groups excluding carboxylic acids is 1. The lowest BCUT2D eigenvalue weighted by Crippen LogP contribution is -2.20. The van der Waals surface area contributed by atoms with Crippen LogP contribution >= 0.6 is 11.6 Å². The van der Waals surface area contributed by atoms with Crippen molar-refractivity contribution in [3.8, 4) is 5.75 Å². The zero-order chi connectivity index (χ0) is 15.4. The molecular weight excluding hydrogens is 293 g/mol. The third kappa shape index (κ3) is 4.20. The zero-order valence-corrected chi connectivity index (χ0v) is 12.5. The van der Waals surface area contributed by atoms with Crippen LogP contribution in [0.4, 0.5) is 10.1 Å². The van der Waals surface area contributed by atoms with Crippen LogP contribution in [0.3, 0.4) is 0 Å². The predicted molar refractivity (Wildman–Crippen MR) is 81.5 cm³/mol. The number of ether oxygens (including phenoxy) is 1. The van der Waals surface area contributed by atoms with Crippen LogP contribution < -0.4 is 10.1 Å². The molecule has 0 aliphatic rings. The Hall–Kier alpha value is -2.07. The van der Waals surface area contributed by atoms with Gasteiger partial charge in [-0.25, -0.2) is 4.39 Å². The van der Waals surface area contributed by atoms with Gasteiger partial charge in [0.2, 0.25) is 0 Å². The molecule has 0 bridgehead atoms. The van der Waals surface area contributed by atoms with E-state index < -0.39 is 11.7 Å².